The second kappa shape index (κ2) is 7.25. The van der Waals surface area contributed by atoms with E-state index < -0.39 is 5.60 Å². The average molecular weight is 298 g/mol. The smallest absolute Gasteiger partial charge is 0.306 e. The highest BCUT2D eigenvalue weighted by Crippen LogP contribution is 2.29. The number of nitrogens with one attached hydrogen (secondary N) is 1. The Labute approximate surface area is 128 Å². The van der Waals surface area contributed by atoms with Crippen molar-refractivity contribution < 1.29 is 14.3 Å². The van der Waals surface area contributed by atoms with E-state index in [0.29, 0.717) is 6.54 Å². The largest absolute Gasteiger partial charge is 0.460 e. The number of hydrogen-bond acceptors (Lipinski definition) is 4. The van der Waals surface area contributed by atoms with Crippen molar-refractivity contribution in [3.05, 3.63) is 0 Å². The van der Waals surface area contributed by atoms with Gasteiger partial charge in [0.1, 0.15) is 5.60 Å². The third-order valence-electron chi connectivity index (χ3n) is 3.88. The summed E-state index contributed by atoms with van der Waals surface area (Å²) in [6.45, 7) is 10.5. The zero-order chi connectivity index (χ0) is 16.1. The van der Waals surface area contributed by atoms with E-state index in [0.717, 1.165) is 25.9 Å². The molecule has 0 saturated carbocycles. The molecule has 5 nitrogen and oxygen atoms in total. The Kier molecular flexibility index (Phi) is 6.20. The van der Waals surface area contributed by atoms with E-state index in [4.69, 9.17) is 4.74 Å². The zero-order valence-electron chi connectivity index (χ0n) is 14.1. The van der Waals surface area contributed by atoms with Crippen molar-refractivity contribution in [1.29, 1.82) is 0 Å². The number of hydrogen-bond donors (Lipinski definition) is 1. The number of ether oxygens (including phenoxy) is 1. The van der Waals surface area contributed by atoms with Crippen LogP contribution in [0.1, 0.15) is 53.4 Å². The maximum atomic E-state index is 11.8. The molecule has 0 unspecified atom stereocenters. The SMILES string of the molecule is CN1CCC(C)(CNC(=O)CCC(=O)OC(C)(C)C)CC1. The molecule has 122 valence electrons. The van der Waals surface area contributed by atoms with Gasteiger partial charge in [0.2, 0.25) is 5.91 Å². The van der Waals surface area contributed by atoms with Gasteiger partial charge in [-0.25, -0.2) is 0 Å². The molecule has 0 atom stereocenters. The normalized spacial score (nSPS) is 19.1. The van der Waals surface area contributed by atoms with Crippen molar-refractivity contribution >= 4 is 11.9 Å². The summed E-state index contributed by atoms with van der Waals surface area (Å²) in [5, 5.41) is 2.96. The number of carbonyl (C=O) groups is 2. The number of likely N-dealkylation sites (tertiary alicyclic amines) is 1. The van der Waals surface area contributed by atoms with Gasteiger partial charge in [0, 0.05) is 13.0 Å². The molecule has 0 aromatic heterocycles. The van der Waals surface area contributed by atoms with Crippen LogP contribution >= 0.6 is 0 Å². The first-order valence-electron chi connectivity index (χ1n) is 7.77. The van der Waals surface area contributed by atoms with Gasteiger partial charge in [-0.3, -0.25) is 9.59 Å². The van der Waals surface area contributed by atoms with Crippen LogP contribution in [-0.4, -0.2) is 49.1 Å². The number of rotatable bonds is 5. The third kappa shape index (κ3) is 7.46. The highest BCUT2D eigenvalue weighted by Gasteiger charge is 2.29. The molecular formula is C16H30N2O3. The lowest BCUT2D eigenvalue weighted by Crippen LogP contribution is -2.43. The number of amides is 1. The predicted octanol–water partition coefficient (Wildman–Crippen LogP) is 1.96. The molecule has 0 aromatic rings. The molecule has 1 saturated heterocycles. The van der Waals surface area contributed by atoms with Gasteiger partial charge in [-0.15, -0.1) is 0 Å². The summed E-state index contributed by atoms with van der Waals surface area (Å²) in [5.74, 6) is -0.385. The van der Waals surface area contributed by atoms with E-state index in [-0.39, 0.29) is 30.1 Å². The summed E-state index contributed by atoms with van der Waals surface area (Å²) in [6.07, 6.45) is 2.53. The molecule has 1 fully saturated rings. The van der Waals surface area contributed by atoms with Gasteiger partial charge in [-0.2, -0.15) is 0 Å². The molecule has 1 heterocycles. The van der Waals surface area contributed by atoms with Crippen LogP contribution in [0.2, 0.25) is 0 Å². The number of carbonyl (C=O) groups excluding carboxylic acids is 2. The number of nitrogens with zero attached hydrogens (tertiary/aromatic N) is 1. The number of piperidine rings is 1. The fourth-order valence-corrected chi connectivity index (χ4v) is 2.34. The second-order valence-electron chi connectivity index (χ2n) is 7.48. The minimum Gasteiger partial charge on any atom is -0.460 e. The van der Waals surface area contributed by atoms with Crippen LogP contribution in [-0.2, 0) is 14.3 Å². The third-order valence-corrected chi connectivity index (χ3v) is 3.88. The second-order valence-corrected chi connectivity index (χ2v) is 7.48. The Morgan fingerprint density at radius 2 is 1.76 bits per heavy atom. The number of esters is 1. The van der Waals surface area contributed by atoms with Gasteiger partial charge in [0.05, 0.1) is 6.42 Å². The predicted molar refractivity (Wildman–Crippen MR) is 82.9 cm³/mol. The summed E-state index contributed by atoms with van der Waals surface area (Å²) in [4.78, 5) is 25.7. The van der Waals surface area contributed by atoms with Gasteiger partial charge in [0.15, 0.2) is 0 Å². The summed E-state index contributed by atoms with van der Waals surface area (Å²) >= 11 is 0. The molecule has 1 rings (SSSR count). The van der Waals surface area contributed by atoms with Crippen LogP contribution in [0.15, 0.2) is 0 Å². The van der Waals surface area contributed by atoms with Crippen LogP contribution < -0.4 is 5.32 Å². The quantitative estimate of drug-likeness (QED) is 0.788. The first-order valence-corrected chi connectivity index (χ1v) is 7.77. The Balaban J connectivity index is 2.24. The lowest BCUT2D eigenvalue weighted by Gasteiger charge is -2.37. The minimum atomic E-state index is -0.491. The summed E-state index contributed by atoms with van der Waals surface area (Å²) in [6, 6.07) is 0. The van der Waals surface area contributed by atoms with Crippen LogP contribution in [0.3, 0.4) is 0 Å². The van der Waals surface area contributed by atoms with Crippen molar-refractivity contribution in [3.63, 3.8) is 0 Å². The molecule has 1 aliphatic heterocycles. The van der Waals surface area contributed by atoms with E-state index in [1.165, 1.54) is 0 Å². The van der Waals surface area contributed by atoms with Crippen molar-refractivity contribution in [2.75, 3.05) is 26.7 Å². The highest BCUT2D eigenvalue weighted by molar-refractivity contribution is 5.81. The van der Waals surface area contributed by atoms with E-state index in [9.17, 15) is 9.59 Å². The van der Waals surface area contributed by atoms with E-state index in [1.807, 2.05) is 20.8 Å². The van der Waals surface area contributed by atoms with E-state index >= 15 is 0 Å². The molecule has 1 aliphatic rings. The first-order chi connectivity index (χ1) is 9.60. The van der Waals surface area contributed by atoms with Crippen molar-refractivity contribution in [1.82, 2.24) is 10.2 Å². The summed E-state index contributed by atoms with van der Waals surface area (Å²) in [5.41, 5.74) is -0.316. The molecule has 21 heavy (non-hydrogen) atoms. The Bertz CT molecular complexity index is 366. The fourth-order valence-electron chi connectivity index (χ4n) is 2.34. The molecule has 0 bridgehead atoms. The van der Waals surface area contributed by atoms with Gasteiger partial charge >= 0.3 is 5.97 Å². The fraction of sp³-hybridized carbons (Fsp3) is 0.875. The Morgan fingerprint density at radius 3 is 2.29 bits per heavy atom. The van der Waals surface area contributed by atoms with Crippen LogP contribution in [0.25, 0.3) is 0 Å². The van der Waals surface area contributed by atoms with E-state index in [2.05, 4.69) is 24.2 Å². The first kappa shape index (κ1) is 18.0. The van der Waals surface area contributed by atoms with Crippen molar-refractivity contribution in [3.8, 4) is 0 Å². The van der Waals surface area contributed by atoms with Gasteiger partial charge in [-0.05, 0) is 59.2 Å². The minimum absolute atomic E-state index is 0.0685. The lowest BCUT2D eigenvalue weighted by atomic mass is 9.80. The topological polar surface area (TPSA) is 58.6 Å². The molecule has 1 N–H and O–H groups in total. The summed E-state index contributed by atoms with van der Waals surface area (Å²) in [7, 11) is 2.12. The van der Waals surface area contributed by atoms with Crippen LogP contribution in [0.5, 0.6) is 0 Å². The van der Waals surface area contributed by atoms with Crippen molar-refractivity contribution in [2.24, 2.45) is 5.41 Å². The molecule has 5 heteroatoms. The van der Waals surface area contributed by atoms with Gasteiger partial charge in [-0.1, -0.05) is 6.92 Å². The zero-order valence-corrected chi connectivity index (χ0v) is 14.1. The molecule has 0 aromatic carbocycles. The maximum absolute atomic E-state index is 11.8. The average Bonchev–Trinajstić information content (AvgIpc) is 2.36. The monoisotopic (exact) mass is 298 g/mol. The van der Waals surface area contributed by atoms with Crippen molar-refractivity contribution in [2.45, 2.75) is 59.0 Å². The lowest BCUT2D eigenvalue weighted by molar-refractivity contribution is -0.155. The van der Waals surface area contributed by atoms with Crippen LogP contribution in [0, 0.1) is 5.41 Å². The van der Waals surface area contributed by atoms with Gasteiger partial charge < -0.3 is 15.0 Å². The standard InChI is InChI=1S/C16H30N2O3/c1-15(2,3)21-14(20)7-6-13(19)17-12-16(4)8-10-18(5)11-9-16/h6-12H2,1-5H3,(H,17,19). The Morgan fingerprint density at radius 1 is 1.19 bits per heavy atom. The maximum Gasteiger partial charge on any atom is 0.306 e. The molecular weight excluding hydrogens is 268 g/mol. The Hall–Kier alpha value is -1.10. The molecule has 0 radical (unpaired) electrons. The van der Waals surface area contributed by atoms with Gasteiger partial charge in [0.25, 0.3) is 0 Å². The molecule has 0 aliphatic carbocycles. The molecule has 0 spiro atoms. The highest BCUT2D eigenvalue weighted by atomic mass is 16.6. The van der Waals surface area contributed by atoms with Crippen LogP contribution in [0.4, 0.5) is 0 Å². The summed E-state index contributed by atoms with van der Waals surface area (Å²) < 4.78 is 5.19. The van der Waals surface area contributed by atoms with E-state index in [1.54, 1.807) is 0 Å². The molecule has 1 amide bonds.